The van der Waals surface area contributed by atoms with E-state index in [9.17, 15) is 0 Å². The fourth-order valence-electron chi connectivity index (χ4n) is 1.77. The minimum Gasteiger partial charge on any atom is -0.378 e. The maximum atomic E-state index is 4.16. The molecule has 0 fully saturated rings. The number of anilines is 1. The van der Waals surface area contributed by atoms with Gasteiger partial charge in [0.25, 0.3) is 0 Å². The molecule has 2 heteroatoms. The van der Waals surface area contributed by atoms with Crippen LogP contribution in [0.5, 0.6) is 0 Å². The predicted molar refractivity (Wildman–Crippen MR) is 87.5 cm³/mol. The highest BCUT2D eigenvalue weighted by molar-refractivity contribution is 8.07. The van der Waals surface area contributed by atoms with E-state index in [0.29, 0.717) is 0 Å². The molecule has 0 unspecified atom stereocenters. The summed E-state index contributed by atoms with van der Waals surface area (Å²) in [6.07, 6.45) is 0. The van der Waals surface area contributed by atoms with Gasteiger partial charge in [0.05, 0.1) is 0 Å². The van der Waals surface area contributed by atoms with Crippen LogP contribution in [0, 0.1) is 0 Å². The molecular weight excluding hydrogens is 250 g/mol. The van der Waals surface area contributed by atoms with Crippen LogP contribution in [0.3, 0.4) is 0 Å². The molecule has 2 aromatic rings. The Balaban J connectivity index is 1.96. The number of thioether (sulfide) groups is 1. The maximum Gasteiger partial charge on any atom is 0.0361 e. The molecule has 2 rings (SSSR count). The molecule has 2 aromatic carbocycles. The van der Waals surface area contributed by atoms with E-state index in [1.807, 2.05) is 20.2 Å². The summed E-state index contributed by atoms with van der Waals surface area (Å²) in [5.74, 6) is 0.967. The lowest BCUT2D eigenvalue weighted by atomic mass is 10.2. The van der Waals surface area contributed by atoms with Gasteiger partial charge in [-0.1, -0.05) is 49.0 Å². The maximum absolute atomic E-state index is 4.16. The van der Waals surface area contributed by atoms with Gasteiger partial charge >= 0.3 is 0 Å². The lowest BCUT2D eigenvalue weighted by Gasteiger charge is -2.13. The van der Waals surface area contributed by atoms with E-state index in [1.54, 1.807) is 11.8 Å². The highest BCUT2D eigenvalue weighted by atomic mass is 32.2. The van der Waals surface area contributed by atoms with Gasteiger partial charge in [0.2, 0.25) is 0 Å². The Kier molecular flexibility index (Phi) is 4.69. The van der Waals surface area contributed by atoms with Gasteiger partial charge in [-0.3, -0.25) is 0 Å². The first-order valence-corrected chi connectivity index (χ1v) is 7.29. The Morgan fingerprint density at radius 3 is 2.21 bits per heavy atom. The van der Waals surface area contributed by atoms with E-state index in [2.05, 4.69) is 60.0 Å². The topological polar surface area (TPSA) is 3.24 Å². The molecule has 0 aliphatic carbocycles. The van der Waals surface area contributed by atoms with Crippen molar-refractivity contribution in [2.75, 3.05) is 19.0 Å². The Labute approximate surface area is 120 Å². The van der Waals surface area contributed by atoms with E-state index in [-0.39, 0.29) is 0 Å². The van der Waals surface area contributed by atoms with Gasteiger partial charge in [0.15, 0.2) is 0 Å². The number of nitrogens with zero attached hydrogens (tertiary/aromatic N) is 1. The zero-order chi connectivity index (χ0) is 13.7. The fraction of sp³-hybridized carbons (Fsp3) is 0.176. The summed E-state index contributed by atoms with van der Waals surface area (Å²) in [7, 11) is 4.10. The quantitative estimate of drug-likeness (QED) is 0.777. The van der Waals surface area contributed by atoms with E-state index >= 15 is 0 Å². The van der Waals surface area contributed by atoms with Crippen molar-refractivity contribution in [3.8, 4) is 0 Å². The summed E-state index contributed by atoms with van der Waals surface area (Å²) in [4.78, 5) is 3.22. The molecule has 0 heterocycles. The molecule has 0 amide bonds. The van der Waals surface area contributed by atoms with Gasteiger partial charge in [-0.2, -0.15) is 0 Å². The summed E-state index contributed by atoms with van der Waals surface area (Å²) in [5, 5.41) is 0. The van der Waals surface area contributed by atoms with Gasteiger partial charge in [-0.25, -0.2) is 0 Å². The highest BCUT2D eigenvalue weighted by Crippen LogP contribution is 2.29. The molecule has 1 nitrogen and oxygen atoms in total. The first kappa shape index (κ1) is 13.8. The summed E-state index contributed by atoms with van der Waals surface area (Å²) in [6.45, 7) is 4.16. The van der Waals surface area contributed by atoms with Gasteiger partial charge in [0.1, 0.15) is 0 Å². The summed E-state index contributed by atoms with van der Waals surface area (Å²) in [6, 6.07) is 19.0. The number of hydrogen-bond acceptors (Lipinski definition) is 2. The first-order valence-electron chi connectivity index (χ1n) is 6.30. The normalized spacial score (nSPS) is 10.2. The third-order valence-electron chi connectivity index (χ3n) is 2.96. The Morgan fingerprint density at radius 1 is 1.00 bits per heavy atom. The molecule has 0 N–H and O–H groups in total. The average Bonchev–Trinajstić information content (AvgIpc) is 2.46. The summed E-state index contributed by atoms with van der Waals surface area (Å²) >= 11 is 1.79. The molecule has 98 valence electrons. The van der Waals surface area contributed by atoms with Crippen molar-refractivity contribution in [3.05, 3.63) is 72.3 Å². The fourth-order valence-corrected chi connectivity index (χ4v) is 2.61. The largest absolute Gasteiger partial charge is 0.378 e. The molecule has 0 atom stereocenters. The smallest absolute Gasteiger partial charge is 0.0361 e. The van der Waals surface area contributed by atoms with Crippen molar-refractivity contribution in [1.82, 2.24) is 0 Å². The Hall–Kier alpha value is -1.67. The molecule has 0 spiro atoms. The molecule has 0 bridgehead atoms. The number of rotatable bonds is 5. The third-order valence-corrected chi connectivity index (χ3v) is 4.02. The molecule has 0 saturated carbocycles. The van der Waals surface area contributed by atoms with Gasteiger partial charge in [0, 0.05) is 30.4 Å². The van der Waals surface area contributed by atoms with Crippen molar-refractivity contribution in [2.24, 2.45) is 0 Å². The second kappa shape index (κ2) is 6.48. The lowest BCUT2D eigenvalue weighted by molar-refractivity contribution is 1.13. The minimum atomic E-state index is 0.967. The zero-order valence-corrected chi connectivity index (χ0v) is 12.3. The van der Waals surface area contributed by atoms with Crippen LogP contribution in [0.4, 0.5) is 5.69 Å². The van der Waals surface area contributed by atoms with Gasteiger partial charge < -0.3 is 4.90 Å². The van der Waals surface area contributed by atoms with E-state index < -0.39 is 0 Å². The van der Waals surface area contributed by atoms with Crippen molar-refractivity contribution in [2.45, 2.75) is 5.75 Å². The number of benzene rings is 2. The Morgan fingerprint density at radius 2 is 1.63 bits per heavy atom. The van der Waals surface area contributed by atoms with E-state index in [1.165, 1.54) is 16.8 Å². The van der Waals surface area contributed by atoms with Crippen molar-refractivity contribution < 1.29 is 0 Å². The highest BCUT2D eigenvalue weighted by Gasteiger charge is 2.02. The Bertz CT molecular complexity index is 529. The second-order valence-corrected chi connectivity index (χ2v) is 5.71. The molecule has 0 saturated heterocycles. The van der Waals surface area contributed by atoms with E-state index in [0.717, 1.165) is 10.7 Å². The first-order chi connectivity index (χ1) is 9.16. The third kappa shape index (κ3) is 3.90. The van der Waals surface area contributed by atoms with Crippen LogP contribution in [-0.2, 0) is 5.75 Å². The molecule has 0 aliphatic heterocycles. The molecule has 0 radical (unpaired) electrons. The molecule has 0 aliphatic rings. The number of hydrogen-bond donors (Lipinski definition) is 0. The van der Waals surface area contributed by atoms with Crippen LogP contribution in [0.25, 0.3) is 4.91 Å². The molecular formula is C17H19NS. The average molecular weight is 269 g/mol. The summed E-state index contributed by atoms with van der Waals surface area (Å²) < 4.78 is 0. The van der Waals surface area contributed by atoms with E-state index in [4.69, 9.17) is 0 Å². The van der Waals surface area contributed by atoms with Crippen LogP contribution in [0.1, 0.15) is 11.1 Å². The lowest BCUT2D eigenvalue weighted by Crippen LogP contribution is -2.08. The van der Waals surface area contributed by atoms with Crippen LogP contribution < -0.4 is 4.90 Å². The van der Waals surface area contributed by atoms with Crippen molar-refractivity contribution in [1.29, 1.82) is 0 Å². The summed E-state index contributed by atoms with van der Waals surface area (Å²) in [5.41, 5.74) is 3.75. The predicted octanol–water partition coefficient (Wildman–Crippen LogP) is 4.66. The van der Waals surface area contributed by atoms with Gasteiger partial charge in [-0.15, -0.1) is 11.8 Å². The standard InChI is InChI=1S/C17H19NS/c1-14(19-13-15-7-5-4-6-8-15)16-9-11-17(12-10-16)18(2)3/h4-12H,1,13H2,2-3H3. The van der Waals surface area contributed by atoms with Gasteiger partial charge in [-0.05, 0) is 23.3 Å². The van der Waals surface area contributed by atoms with Crippen molar-refractivity contribution in [3.63, 3.8) is 0 Å². The second-order valence-electron chi connectivity index (χ2n) is 4.64. The monoisotopic (exact) mass is 269 g/mol. The van der Waals surface area contributed by atoms with Crippen LogP contribution in [0.15, 0.2) is 61.2 Å². The van der Waals surface area contributed by atoms with Crippen molar-refractivity contribution >= 4 is 22.4 Å². The molecule has 19 heavy (non-hydrogen) atoms. The minimum absolute atomic E-state index is 0.967. The zero-order valence-electron chi connectivity index (χ0n) is 11.5. The molecule has 0 aromatic heterocycles. The SMILES string of the molecule is C=C(SCc1ccccc1)c1ccc(N(C)C)cc1. The van der Waals surface area contributed by atoms with Crippen LogP contribution >= 0.6 is 11.8 Å². The van der Waals surface area contributed by atoms with Crippen LogP contribution in [-0.4, -0.2) is 14.1 Å². The van der Waals surface area contributed by atoms with Crippen LogP contribution in [0.2, 0.25) is 0 Å².